The van der Waals surface area contributed by atoms with Crippen LogP contribution < -0.4 is 5.73 Å². The molecule has 0 aliphatic rings. The molecular weight excluding hydrogens is 413 g/mol. The summed E-state index contributed by atoms with van der Waals surface area (Å²) in [5.41, 5.74) is 5.42. The molecule has 12 heteroatoms. The summed E-state index contributed by atoms with van der Waals surface area (Å²) < 4.78 is 57.4. The number of sulfone groups is 1. The number of carbonyl (C=O) groups is 1. The minimum atomic E-state index is -5.08. The summed E-state index contributed by atoms with van der Waals surface area (Å²) in [7, 11) is -3.56. The fraction of sp³-hybridized carbons (Fsp3) is 0.143. The molecular formula is C14H13F3N2O4S3. The van der Waals surface area contributed by atoms with E-state index in [9.17, 15) is 21.6 Å². The van der Waals surface area contributed by atoms with Crippen LogP contribution >= 0.6 is 23.1 Å². The van der Waals surface area contributed by atoms with Crippen molar-refractivity contribution in [2.24, 2.45) is 5.73 Å². The topological polar surface area (TPSA) is 121 Å². The largest absolute Gasteiger partial charge is 0.490 e. The molecule has 142 valence electrons. The molecule has 0 amide bonds. The first-order chi connectivity index (χ1) is 11.9. The Morgan fingerprint density at radius 1 is 1.27 bits per heavy atom. The van der Waals surface area contributed by atoms with E-state index in [1.807, 2.05) is 0 Å². The van der Waals surface area contributed by atoms with Gasteiger partial charge in [0.2, 0.25) is 9.84 Å². The summed E-state index contributed by atoms with van der Waals surface area (Å²) >= 11 is 2.57. The maximum Gasteiger partial charge on any atom is 0.490 e. The Hall–Kier alpha value is -2.05. The first-order valence-corrected chi connectivity index (χ1v) is 10.1. The quantitative estimate of drug-likeness (QED) is 0.392. The Kier molecular flexibility index (Phi) is 7.24. The standard InChI is InChI=1S/C12H12N2O2S3.C2HF3O2/c1-17-12-10(7-9(18-12)11(13)14)19(15,16)8-5-3-2-4-6-8;3-2(4,5)1(6)7/h2-7H,1H3,(H3,13,14);(H,6,7). The number of nitrogen functional groups attached to an aromatic ring is 1. The molecule has 1 aromatic carbocycles. The number of aliphatic carboxylic acids is 1. The van der Waals surface area contributed by atoms with Crippen molar-refractivity contribution >= 4 is 44.7 Å². The maximum atomic E-state index is 12.5. The second-order valence-electron chi connectivity index (χ2n) is 4.50. The Morgan fingerprint density at radius 2 is 1.77 bits per heavy atom. The number of hydrogen-bond acceptors (Lipinski definition) is 6. The third kappa shape index (κ3) is 5.47. The first kappa shape index (κ1) is 22.0. The molecule has 26 heavy (non-hydrogen) atoms. The molecule has 6 nitrogen and oxygen atoms in total. The van der Waals surface area contributed by atoms with Crippen LogP contribution in [0.25, 0.3) is 0 Å². The fourth-order valence-corrected chi connectivity index (χ4v) is 5.42. The highest BCUT2D eigenvalue weighted by Gasteiger charge is 2.38. The Balaban J connectivity index is 0.000000412. The van der Waals surface area contributed by atoms with Crippen molar-refractivity contribution < 1.29 is 31.5 Å². The molecule has 0 aliphatic heterocycles. The average Bonchev–Trinajstić information content (AvgIpc) is 3.01. The van der Waals surface area contributed by atoms with Crippen molar-refractivity contribution in [3.63, 3.8) is 0 Å². The predicted octanol–water partition coefficient (Wildman–Crippen LogP) is 3.22. The molecule has 4 N–H and O–H groups in total. The Labute approximate surface area is 155 Å². The molecule has 0 bridgehead atoms. The normalized spacial score (nSPS) is 11.4. The molecule has 0 saturated heterocycles. The number of thioether (sulfide) groups is 1. The van der Waals surface area contributed by atoms with Gasteiger partial charge in [0.25, 0.3) is 0 Å². The number of carboxylic acid groups (broad SMARTS) is 1. The predicted molar refractivity (Wildman–Crippen MR) is 92.7 cm³/mol. The second kappa shape index (κ2) is 8.56. The number of nitrogens with two attached hydrogens (primary N) is 1. The van der Waals surface area contributed by atoms with Crippen molar-refractivity contribution in [1.82, 2.24) is 0 Å². The van der Waals surface area contributed by atoms with E-state index in [2.05, 4.69) is 0 Å². The average molecular weight is 426 g/mol. The van der Waals surface area contributed by atoms with Gasteiger partial charge in [-0.25, -0.2) is 13.2 Å². The molecule has 1 aromatic heterocycles. The van der Waals surface area contributed by atoms with Gasteiger partial charge in [-0.05, 0) is 24.5 Å². The van der Waals surface area contributed by atoms with E-state index in [0.717, 1.165) is 0 Å². The van der Waals surface area contributed by atoms with Crippen molar-refractivity contribution in [2.45, 2.75) is 20.2 Å². The third-order valence-corrected chi connectivity index (χ3v) is 7.06. The monoisotopic (exact) mass is 426 g/mol. The second-order valence-corrected chi connectivity index (χ2v) is 8.54. The molecule has 0 atom stereocenters. The van der Waals surface area contributed by atoms with E-state index in [0.29, 0.717) is 9.09 Å². The van der Waals surface area contributed by atoms with E-state index in [-0.39, 0.29) is 15.6 Å². The van der Waals surface area contributed by atoms with Crippen LogP contribution in [0, 0.1) is 5.41 Å². The fourth-order valence-electron chi connectivity index (χ4n) is 1.55. The summed E-state index contributed by atoms with van der Waals surface area (Å²) in [4.78, 5) is 9.84. The van der Waals surface area contributed by atoms with E-state index >= 15 is 0 Å². The van der Waals surface area contributed by atoms with Crippen LogP contribution in [0.4, 0.5) is 13.2 Å². The molecule has 2 aromatic rings. The lowest BCUT2D eigenvalue weighted by atomic mass is 10.4. The zero-order chi connectivity index (χ0) is 20.1. The summed E-state index contributed by atoms with van der Waals surface area (Å²) in [6, 6.07) is 9.73. The number of alkyl halides is 3. The zero-order valence-corrected chi connectivity index (χ0v) is 15.5. The number of benzene rings is 1. The van der Waals surface area contributed by atoms with E-state index in [1.54, 1.807) is 36.6 Å². The maximum absolute atomic E-state index is 12.5. The zero-order valence-electron chi connectivity index (χ0n) is 13.1. The first-order valence-electron chi connectivity index (χ1n) is 6.53. The number of carboxylic acids is 1. The number of thiophene rings is 1. The molecule has 2 rings (SSSR count). The Morgan fingerprint density at radius 3 is 2.15 bits per heavy atom. The summed E-state index contributed by atoms with van der Waals surface area (Å²) in [5.74, 6) is -2.87. The molecule has 0 unspecified atom stereocenters. The van der Waals surface area contributed by atoms with Gasteiger partial charge in [-0.3, -0.25) is 5.41 Å². The van der Waals surface area contributed by atoms with Crippen LogP contribution in [-0.2, 0) is 14.6 Å². The van der Waals surface area contributed by atoms with Gasteiger partial charge < -0.3 is 10.8 Å². The third-order valence-electron chi connectivity index (χ3n) is 2.70. The van der Waals surface area contributed by atoms with Crippen molar-refractivity contribution in [3.05, 3.63) is 41.3 Å². The number of rotatable bonds is 4. The summed E-state index contributed by atoms with van der Waals surface area (Å²) in [6.07, 6.45) is -3.28. The highest BCUT2D eigenvalue weighted by Crippen LogP contribution is 2.36. The Bertz CT molecular complexity index is 894. The van der Waals surface area contributed by atoms with Crippen molar-refractivity contribution in [1.29, 1.82) is 5.41 Å². The van der Waals surface area contributed by atoms with Gasteiger partial charge in [-0.1, -0.05) is 18.2 Å². The minimum absolute atomic E-state index is 0.116. The molecule has 0 spiro atoms. The SMILES string of the molecule is CSc1sc(C(=N)N)cc1S(=O)(=O)c1ccccc1.O=C(O)C(F)(F)F. The van der Waals surface area contributed by atoms with Crippen LogP contribution in [0.1, 0.15) is 4.88 Å². The van der Waals surface area contributed by atoms with Gasteiger partial charge in [0.05, 0.1) is 18.9 Å². The van der Waals surface area contributed by atoms with Crippen LogP contribution in [0.2, 0.25) is 0 Å². The lowest BCUT2D eigenvalue weighted by molar-refractivity contribution is -0.192. The van der Waals surface area contributed by atoms with Crippen LogP contribution in [0.3, 0.4) is 0 Å². The lowest BCUT2D eigenvalue weighted by Gasteiger charge is -2.03. The van der Waals surface area contributed by atoms with Crippen molar-refractivity contribution in [3.8, 4) is 0 Å². The molecule has 0 fully saturated rings. The number of amidine groups is 1. The smallest absolute Gasteiger partial charge is 0.475 e. The van der Waals surface area contributed by atoms with Crippen LogP contribution in [-0.4, -0.2) is 37.8 Å². The van der Waals surface area contributed by atoms with Gasteiger partial charge in [-0.2, -0.15) is 13.2 Å². The van der Waals surface area contributed by atoms with Gasteiger partial charge in [0.1, 0.15) is 5.84 Å². The van der Waals surface area contributed by atoms with Crippen LogP contribution in [0.5, 0.6) is 0 Å². The van der Waals surface area contributed by atoms with Gasteiger partial charge >= 0.3 is 12.1 Å². The highest BCUT2D eigenvalue weighted by molar-refractivity contribution is 8.01. The lowest BCUT2D eigenvalue weighted by Crippen LogP contribution is -2.21. The van der Waals surface area contributed by atoms with Gasteiger partial charge in [0, 0.05) is 0 Å². The number of hydrogen-bond donors (Lipinski definition) is 3. The molecule has 0 aliphatic carbocycles. The molecule has 1 heterocycles. The van der Waals surface area contributed by atoms with Crippen molar-refractivity contribution in [2.75, 3.05) is 6.26 Å². The molecule has 0 radical (unpaired) electrons. The molecule has 0 saturated carbocycles. The minimum Gasteiger partial charge on any atom is -0.475 e. The van der Waals surface area contributed by atoms with E-state index in [1.165, 1.54) is 29.2 Å². The summed E-state index contributed by atoms with van der Waals surface area (Å²) in [6.45, 7) is 0. The van der Waals surface area contributed by atoms with Gasteiger partial charge in [-0.15, -0.1) is 23.1 Å². The van der Waals surface area contributed by atoms with E-state index < -0.39 is 22.0 Å². The number of halogens is 3. The highest BCUT2D eigenvalue weighted by atomic mass is 32.2. The summed E-state index contributed by atoms with van der Waals surface area (Å²) in [5, 5.41) is 14.5. The van der Waals surface area contributed by atoms with Crippen LogP contribution in [0.15, 0.2) is 50.4 Å². The van der Waals surface area contributed by atoms with Gasteiger partial charge in [0.15, 0.2) is 0 Å². The van der Waals surface area contributed by atoms with E-state index in [4.69, 9.17) is 21.0 Å². The number of nitrogens with one attached hydrogen (secondary N) is 1.